The number of nitro benzene ring substituents is 1. The molecule has 0 fully saturated rings. The zero-order valence-corrected chi connectivity index (χ0v) is 16.3. The zero-order valence-electron chi connectivity index (χ0n) is 14.8. The van der Waals surface area contributed by atoms with Crippen LogP contribution in [0.1, 0.15) is 5.56 Å². The normalized spacial score (nSPS) is 10.3. The molecule has 3 rings (SSSR count). The smallest absolute Gasteiger partial charge is 0.269 e. The molecule has 7 nitrogen and oxygen atoms in total. The number of nitrogens with zero attached hydrogens (tertiary/aromatic N) is 2. The van der Waals surface area contributed by atoms with Crippen molar-refractivity contribution in [3.63, 3.8) is 0 Å². The number of halogens is 2. The summed E-state index contributed by atoms with van der Waals surface area (Å²) in [7, 11) is 0. The number of nitrogens with one attached hydrogen (secondary N) is 2. The summed E-state index contributed by atoms with van der Waals surface area (Å²) in [5.74, 6) is 0.199. The van der Waals surface area contributed by atoms with Gasteiger partial charge in [0, 0.05) is 29.6 Å². The SMILES string of the molecule is O=[N+]([O-])c1ccc(NC(=S)Nc2ncccc2OCc2c(F)cccc2Cl)cc1. The lowest BCUT2D eigenvalue weighted by atomic mass is 10.2. The highest BCUT2D eigenvalue weighted by Gasteiger charge is 2.12. The number of thiocarbonyl (C=S) groups is 1. The molecule has 0 aliphatic heterocycles. The molecule has 148 valence electrons. The Morgan fingerprint density at radius 1 is 1.17 bits per heavy atom. The molecule has 0 amide bonds. The van der Waals surface area contributed by atoms with Crippen molar-refractivity contribution in [3.8, 4) is 5.75 Å². The summed E-state index contributed by atoms with van der Waals surface area (Å²) < 4.78 is 19.6. The molecule has 0 atom stereocenters. The van der Waals surface area contributed by atoms with Gasteiger partial charge in [-0.25, -0.2) is 9.37 Å². The van der Waals surface area contributed by atoms with Crippen LogP contribution in [0.3, 0.4) is 0 Å². The van der Waals surface area contributed by atoms with Crippen molar-refractivity contribution in [2.75, 3.05) is 10.6 Å². The molecule has 10 heteroatoms. The summed E-state index contributed by atoms with van der Waals surface area (Å²) in [5.41, 5.74) is 0.766. The lowest BCUT2D eigenvalue weighted by Crippen LogP contribution is -2.20. The maximum atomic E-state index is 13.9. The van der Waals surface area contributed by atoms with Crippen LogP contribution in [0.2, 0.25) is 5.02 Å². The Morgan fingerprint density at radius 2 is 1.93 bits per heavy atom. The minimum atomic E-state index is -0.486. The number of rotatable bonds is 6. The molecule has 2 aromatic carbocycles. The number of anilines is 2. The Morgan fingerprint density at radius 3 is 2.62 bits per heavy atom. The number of hydrogen-bond acceptors (Lipinski definition) is 5. The zero-order chi connectivity index (χ0) is 20.8. The summed E-state index contributed by atoms with van der Waals surface area (Å²) in [4.78, 5) is 14.4. The fourth-order valence-electron chi connectivity index (χ4n) is 2.36. The number of non-ortho nitro benzene ring substituents is 1. The highest BCUT2D eigenvalue weighted by Crippen LogP contribution is 2.25. The molecule has 0 saturated carbocycles. The van der Waals surface area contributed by atoms with Crippen LogP contribution in [-0.4, -0.2) is 15.0 Å². The summed E-state index contributed by atoms with van der Waals surface area (Å²) in [6.45, 7) is -0.0889. The number of pyridine rings is 1. The van der Waals surface area contributed by atoms with Gasteiger partial charge in [0.15, 0.2) is 16.7 Å². The van der Waals surface area contributed by atoms with E-state index in [-0.39, 0.29) is 28.0 Å². The van der Waals surface area contributed by atoms with Gasteiger partial charge in [0.25, 0.3) is 5.69 Å². The largest absolute Gasteiger partial charge is 0.485 e. The van der Waals surface area contributed by atoms with Crippen molar-refractivity contribution < 1.29 is 14.1 Å². The van der Waals surface area contributed by atoms with Crippen LogP contribution >= 0.6 is 23.8 Å². The number of nitro groups is 1. The highest BCUT2D eigenvalue weighted by molar-refractivity contribution is 7.80. The molecule has 1 aromatic heterocycles. The number of ether oxygens (including phenoxy) is 1. The number of aromatic nitrogens is 1. The topological polar surface area (TPSA) is 89.3 Å². The molecule has 0 spiro atoms. The van der Waals surface area contributed by atoms with E-state index in [0.29, 0.717) is 17.3 Å². The van der Waals surface area contributed by atoms with Crippen molar-refractivity contribution in [2.45, 2.75) is 6.61 Å². The van der Waals surface area contributed by atoms with Gasteiger partial charge in [-0.05, 0) is 48.6 Å². The second-order valence-corrected chi connectivity index (χ2v) is 6.54. The van der Waals surface area contributed by atoms with Crippen LogP contribution in [0.4, 0.5) is 21.6 Å². The highest BCUT2D eigenvalue weighted by atomic mass is 35.5. The van der Waals surface area contributed by atoms with E-state index in [0.717, 1.165) is 0 Å². The summed E-state index contributed by atoms with van der Waals surface area (Å²) >= 11 is 11.3. The van der Waals surface area contributed by atoms with Gasteiger partial charge in [-0.3, -0.25) is 10.1 Å². The van der Waals surface area contributed by atoms with E-state index in [9.17, 15) is 14.5 Å². The van der Waals surface area contributed by atoms with E-state index in [1.165, 1.54) is 36.4 Å². The average Bonchev–Trinajstić information content (AvgIpc) is 2.69. The predicted molar refractivity (Wildman–Crippen MR) is 113 cm³/mol. The van der Waals surface area contributed by atoms with E-state index in [2.05, 4.69) is 15.6 Å². The third-order valence-electron chi connectivity index (χ3n) is 3.77. The minimum Gasteiger partial charge on any atom is -0.485 e. The van der Waals surface area contributed by atoms with Gasteiger partial charge in [0.05, 0.1) is 9.95 Å². The first-order valence-electron chi connectivity index (χ1n) is 8.27. The van der Waals surface area contributed by atoms with Crippen molar-refractivity contribution in [1.82, 2.24) is 4.98 Å². The molecule has 0 bridgehead atoms. The van der Waals surface area contributed by atoms with Crippen molar-refractivity contribution in [2.24, 2.45) is 0 Å². The third-order valence-corrected chi connectivity index (χ3v) is 4.33. The Balaban J connectivity index is 1.67. The second kappa shape index (κ2) is 9.26. The number of hydrogen-bond donors (Lipinski definition) is 2. The summed E-state index contributed by atoms with van der Waals surface area (Å²) in [5, 5.41) is 17.0. The lowest BCUT2D eigenvalue weighted by molar-refractivity contribution is -0.384. The molecule has 1 heterocycles. The lowest BCUT2D eigenvalue weighted by Gasteiger charge is -2.14. The van der Waals surface area contributed by atoms with Crippen LogP contribution < -0.4 is 15.4 Å². The van der Waals surface area contributed by atoms with Gasteiger partial charge in [-0.2, -0.15) is 0 Å². The molecule has 0 aliphatic carbocycles. The Labute approximate surface area is 175 Å². The van der Waals surface area contributed by atoms with Gasteiger partial charge in [0.2, 0.25) is 0 Å². The first-order chi connectivity index (χ1) is 13.9. The molecule has 2 N–H and O–H groups in total. The Hall–Kier alpha value is -3.30. The van der Waals surface area contributed by atoms with Crippen LogP contribution in [0.15, 0.2) is 60.8 Å². The minimum absolute atomic E-state index is 0.0263. The fourth-order valence-corrected chi connectivity index (χ4v) is 2.79. The Kier molecular flexibility index (Phi) is 6.53. The van der Waals surface area contributed by atoms with E-state index in [1.807, 2.05) is 0 Å². The average molecular weight is 433 g/mol. The van der Waals surface area contributed by atoms with E-state index >= 15 is 0 Å². The molecule has 0 aliphatic rings. The maximum absolute atomic E-state index is 13.9. The predicted octanol–water partition coefficient (Wildman–Crippen LogP) is 5.17. The Bertz CT molecular complexity index is 1030. The van der Waals surface area contributed by atoms with Gasteiger partial charge in [-0.1, -0.05) is 17.7 Å². The molecular formula is C19H14ClFN4O3S. The monoisotopic (exact) mass is 432 g/mol. The third kappa shape index (κ3) is 5.37. The summed E-state index contributed by atoms with van der Waals surface area (Å²) in [6, 6.07) is 13.5. The quantitative estimate of drug-likeness (QED) is 0.315. The van der Waals surface area contributed by atoms with Crippen molar-refractivity contribution in [1.29, 1.82) is 0 Å². The second-order valence-electron chi connectivity index (χ2n) is 5.72. The molecular weight excluding hydrogens is 419 g/mol. The van der Waals surface area contributed by atoms with Crippen molar-refractivity contribution >= 4 is 46.1 Å². The molecule has 0 saturated heterocycles. The van der Waals surface area contributed by atoms with Crippen LogP contribution in [0, 0.1) is 15.9 Å². The van der Waals surface area contributed by atoms with Crippen LogP contribution in [-0.2, 0) is 6.61 Å². The van der Waals surface area contributed by atoms with Gasteiger partial charge >= 0.3 is 0 Å². The molecule has 0 unspecified atom stereocenters. The first-order valence-corrected chi connectivity index (χ1v) is 9.06. The standard InChI is InChI=1S/C19H14ClFN4O3S/c20-15-3-1-4-16(21)14(15)11-28-17-5-2-10-22-18(17)24-19(29)23-12-6-8-13(9-7-12)25(26)27/h1-10H,11H2,(H2,22,23,24,29). The first kappa shape index (κ1) is 20.4. The molecule has 29 heavy (non-hydrogen) atoms. The van der Waals surface area contributed by atoms with Gasteiger partial charge < -0.3 is 15.4 Å². The van der Waals surface area contributed by atoms with Gasteiger partial charge in [0.1, 0.15) is 12.4 Å². The van der Waals surface area contributed by atoms with E-state index in [1.54, 1.807) is 24.4 Å². The molecule has 0 radical (unpaired) electrons. The van der Waals surface area contributed by atoms with Crippen LogP contribution in [0.25, 0.3) is 0 Å². The summed E-state index contributed by atoms with van der Waals surface area (Å²) in [6.07, 6.45) is 1.54. The van der Waals surface area contributed by atoms with Crippen LogP contribution in [0.5, 0.6) is 5.75 Å². The fraction of sp³-hybridized carbons (Fsp3) is 0.0526. The van der Waals surface area contributed by atoms with E-state index in [4.69, 9.17) is 28.6 Å². The van der Waals surface area contributed by atoms with Gasteiger partial charge in [-0.15, -0.1) is 0 Å². The van der Waals surface area contributed by atoms with Crippen molar-refractivity contribution in [3.05, 3.63) is 87.3 Å². The maximum Gasteiger partial charge on any atom is 0.269 e. The molecule has 3 aromatic rings. The number of benzene rings is 2. The van der Waals surface area contributed by atoms with E-state index < -0.39 is 10.7 Å².